The molecule has 0 radical (unpaired) electrons. The van der Waals surface area contributed by atoms with E-state index < -0.39 is 17.6 Å². The van der Waals surface area contributed by atoms with Crippen LogP contribution in [-0.4, -0.2) is 17.2 Å². The minimum absolute atomic E-state index is 0.00645. The van der Waals surface area contributed by atoms with Crippen LogP contribution in [0.2, 0.25) is 0 Å². The number of rotatable bonds is 2. The fourth-order valence-electron chi connectivity index (χ4n) is 1.05. The van der Waals surface area contributed by atoms with E-state index in [9.17, 15) is 9.18 Å². The second-order valence-corrected chi connectivity index (χ2v) is 3.18. The molecular formula is C10H9FN2O2. The second-order valence-electron chi connectivity index (χ2n) is 3.18. The van der Waals surface area contributed by atoms with E-state index in [2.05, 4.69) is 10.6 Å². The van der Waals surface area contributed by atoms with Crippen LogP contribution in [0.25, 0.3) is 0 Å². The molecular weight excluding hydrogens is 199 g/mol. The number of phenols is 1. The summed E-state index contributed by atoms with van der Waals surface area (Å²) in [7, 11) is 0. The molecule has 1 aliphatic carbocycles. The molecule has 0 saturated carbocycles. The lowest BCUT2D eigenvalue weighted by Gasteiger charge is -2.06. The monoisotopic (exact) mass is 208 g/mol. The first-order chi connectivity index (χ1) is 7.15. The van der Waals surface area contributed by atoms with Gasteiger partial charge in [0, 0.05) is 11.8 Å². The summed E-state index contributed by atoms with van der Waals surface area (Å²) < 4.78 is 12.9. The summed E-state index contributed by atoms with van der Waals surface area (Å²) >= 11 is 0. The van der Waals surface area contributed by atoms with E-state index in [-0.39, 0.29) is 6.04 Å². The maximum atomic E-state index is 12.9. The smallest absolute Gasteiger partial charge is 0.319 e. The van der Waals surface area contributed by atoms with E-state index in [0.29, 0.717) is 5.69 Å². The Bertz CT molecular complexity index is 425. The number of amides is 2. The highest BCUT2D eigenvalue weighted by atomic mass is 19.1. The lowest BCUT2D eigenvalue weighted by atomic mass is 10.3. The SMILES string of the molecule is O=C(Nc1ccc(O)c(F)c1)NC1C=C1. The maximum absolute atomic E-state index is 12.9. The average Bonchev–Trinajstić information content (AvgIpc) is 2.95. The van der Waals surface area contributed by atoms with Crippen LogP contribution >= 0.6 is 0 Å². The van der Waals surface area contributed by atoms with Gasteiger partial charge in [0.25, 0.3) is 0 Å². The molecule has 2 amide bonds. The van der Waals surface area contributed by atoms with Gasteiger partial charge in [0.1, 0.15) is 0 Å². The van der Waals surface area contributed by atoms with E-state index >= 15 is 0 Å². The second kappa shape index (κ2) is 3.61. The minimum atomic E-state index is -0.766. The van der Waals surface area contributed by atoms with Gasteiger partial charge in [0.2, 0.25) is 0 Å². The summed E-state index contributed by atoms with van der Waals surface area (Å²) in [6.07, 6.45) is 3.63. The van der Waals surface area contributed by atoms with E-state index in [1.54, 1.807) is 0 Å². The molecule has 15 heavy (non-hydrogen) atoms. The Hall–Kier alpha value is -2.04. The summed E-state index contributed by atoms with van der Waals surface area (Å²) in [6.45, 7) is 0. The molecule has 0 saturated heterocycles. The van der Waals surface area contributed by atoms with Crippen molar-refractivity contribution < 1.29 is 14.3 Å². The molecule has 4 nitrogen and oxygen atoms in total. The fraction of sp³-hybridized carbons (Fsp3) is 0.100. The lowest BCUT2D eigenvalue weighted by molar-refractivity contribution is 0.252. The Labute approximate surface area is 85.4 Å². The average molecular weight is 208 g/mol. The molecule has 0 bridgehead atoms. The quantitative estimate of drug-likeness (QED) is 0.510. The highest BCUT2D eigenvalue weighted by molar-refractivity contribution is 5.90. The molecule has 1 aromatic carbocycles. The van der Waals surface area contributed by atoms with Crippen molar-refractivity contribution in [1.82, 2.24) is 5.32 Å². The maximum Gasteiger partial charge on any atom is 0.319 e. The molecule has 5 heteroatoms. The number of nitrogens with one attached hydrogen (secondary N) is 2. The van der Waals surface area contributed by atoms with Crippen molar-refractivity contribution in [2.45, 2.75) is 6.04 Å². The molecule has 1 aromatic rings. The van der Waals surface area contributed by atoms with Gasteiger partial charge >= 0.3 is 6.03 Å². The van der Waals surface area contributed by atoms with E-state index in [4.69, 9.17) is 5.11 Å². The number of halogens is 1. The van der Waals surface area contributed by atoms with Gasteiger partial charge < -0.3 is 15.7 Å². The number of hydrogen-bond donors (Lipinski definition) is 3. The van der Waals surface area contributed by atoms with Crippen LogP contribution in [0, 0.1) is 5.82 Å². The summed E-state index contributed by atoms with van der Waals surface area (Å²) in [5, 5.41) is 14.0. The van der Waals surface area contributed by atoms with Crippen molar-refractivity contribution in [2.24, 2.45) is 0 Å². The normalized spacial score (nSPS) is 13.7. The summed E-state index contributed by atoms with van der Waals surface area (Å²) in [6, 6.07) is 3.25. The van der Waals surface area contributed by atoms with Gasteiger partial charge in [-0.2, -0.15) is 0 Å². The molecule has 0 atom stereocenters. The Balaban J connectivity index is 1.97. The molecule has 2 rings (SSSR count). The third-order valence-corrected chi connectivity index (χ3v) is 1.89. The standard InChI is InChI=1S/C10H9FN2O2/c11-8-5-7(3-4-9(8)14)13-10(15)12-6-1-2-6/h1-6,14H,(H2,12,13,15). The van der Waals surface area contributed by atoms with Crippen LogP contribution in [0.4, 0.5) is 14.9 Å². The largest absolute Gasteiger partial charge is 0.505 e. The molecule has 0 aliphatic heterocycles. The molecule has 0 fully saturated rings. The fourth-order valence-corrected chi connectivity index (χ4v) is 1.05. The van der Waals surface area contributed by atoms with Crippen LogP contribution in [-0.2, 0) is 0 Å². The number of aromatic hydroxyl groups is 1. The third-order valence-electron chi connectivity index (χ3n) is 1.89. The zero-order valence-electron chi connectivity index (χ0n) is 7.70. The molecule has 0 spiro atoms. The van der Waals surface area contributed by atoms with E-state index in [0.717, 1.165) is 6.07 Å². The zero-order valence-corrected chi connectivity index (χ0v) is 7.70. The predicted molar refractivity (Wildman–Crippen MR) is 53.1 cm³/mol. The van der Waals surface area contributed by atoms with Gasteiger partial charge in [0.05, 0.1) is 6.04 Å². The summed E-state index contributed by atoms with van der Waals surface area (Å²) in [5.74, 6) is -1.21. The molecule has 0 aromatic heterocycles. The Kier molecular flexibility index (Phi) is 2.29. The van der Waals surface area contributed by atoms with Crippen molar-refractivity contribution in [3.05, 3.63) is 36.2 Å². The molecule has 1 aliphatic rings. The van der Waals surface area contributed by atoms with Crippen LogP contribution in [0.15, 0.2) is 30.4 Å². The summed E-state index contributed by atoms with van der Waals surface area (Å²) in [4.78, 5) is 11.2. The van der Waals surface area contributed by atoms with Crippen LogP contribution in [0.3, 0.4) is 0 Å². The molecule has 78 valence electrons. The lowest BCUT2D eigenvalue weighted by Crippen LogP contribution is -2.31. The third kappa shape index (κ3) is 2.46. The van der Waals surface area contributed by atoms with Gasteiger partial charge in [-0.3, -0.25) is 0 Å². The molecule has 3 N–H and O–H groups in total. The van der Waals surface area contributed by atoms with Gasteiger partial charge in [-0.1, -0.05) is 12.2 Å². The highest BCUT2D eigenvalue weighted by Gasteiger charge is 2.13. The number of anilines is 1. The van der Waals surface area contributed by atoms with Gasteiger partial charge in [-0.05, 0) is 12.1 Å². The first-order valence-electron chi connectivity index (χ1n) is 4.39. The van der Waals surface area contributed by atoms with Crippen molar-refractivity contribution in [2.75, 3.05) is 5.32 Å². The summed E-state index contributed by atoms with van der Waals surface area (Å²) in [5.41, 5.74) is 0.295. The van der Waals surface area contributed by atoms with E-state index in [1.807, 2.05) is 12.2 Å². The zero-order chi connectivity index (χ0) is 10.8. The highest BCUT2D eigenvalue weighted by Crippen LogP contribution is 2.19. The van der Waals surface area contributed by atoms with Crippen LogP contribution in [0.1, 0.15) is 0 Å². The number of carbonyl (C=O) groups excluding carboxylic acids is 1. The first kappa shape index (κ1) is 9.51. The number of hydrogen-bond acceptors (Lipinski definition) is 2. The van der Waals surface area contributed by atoms with Gasteiger partial charge in [0.15, 0.2) is 11.6 Å². The predicted octanol–water partition coefficient (Wildman–Crippen LogP) is 1.59. The number of benzene rings is 1. The van der Waals surface area contributed by atoms with Gasteiger partial charge in [-0.15, -0.1) is 0 Å². The number of urea groups is 1. The Morgan fingerprint density at radius 1 is 1.40 bits per heavy atom. The van der Waals surface area contributed by atoms with Crippen molar-refractivity contribution in [1.29, 1.82) is 0 Å². The van der Waals surface area contributed by atoms with Crippen molar-refractivity contribution >= 4 is 11.7 Å². The van der Waals surface area contributed by atoms with E-state index in [1.165, 1.54) is 12.1 Å². The van der Waals surface area contributed by atoms with Crippen molar-refractivity contribution in [3.63, 3.8) is 0 Å². The minimum Gasteiger partial charge on any atom is -0.505 e. The van der Waals surface area contributed by atoms with Crippen LogP contribution in [0.5, 0.6) is 5.75 Å². The van der Waals surface area contributed by atoms with Gasteiger partial charge in [-0.25, -0.2) is 9.18 Å². The topological polar surface area (TPSA) is 61.4 Å². The first-order valence-corrected chi connectivity index (χ1v) is 4.39. The molecule has 0 heterocycles. The molecule has 0 unspecified atom stereocenters. The number of carbonyl (C=O) groups is 1. The number of phenolic OH excluding ortho intramolecular Hbond substituents is 1. The Morgan fingerprint density at radius 2 is 2.13 bits per heavy atom. The Morgan fingerprint density at radius 3 is 2.73 bits per heavy atom. The van der Waals surface area contributed by atoms with Crippen molar-refractivity contribution in [3.8, 4) is 5.75 Å². The van der Waals surface area contributed by atoms with Crippen LogP contribution < -0.4 is 10.6 Å².